The second-order valence-electron chi connectivity index (χ2n) is 10.6. The number of piperidine rings is 1. The zero-order chi connectivity index (χ0) is 30.3. The van der Waals surface area contributed by atoms with E-state index in [1.54, 1.807) is 47.4 Å². The van der Waals surface area contributed by atoms with Gasteiger partial charge in [0, 0.05) is 39.3 Å². The maximum Gasteiger partial charge on any atom is 0.243 e. The first kappa shape index (κ1) is 31.8. The van der Waals surface area contributed by atoms with Crippen LogP contribution in [-0.2, 0) is 36.1 Å². The summed E-state index contributed by atoms with van der Waals surface area (Å²) in [6.45, 7) is 4.49. The minimum atomic E-state index is -3.95. The Labute approximate surface area is 249 Å². The van der Waals surface area contributed by atoms with Crippen molar-refractivity contribution in [2.24, 2.45) is 0 Å². The van der Waals surface area contributed by atoms with E-state index in [1.807, 2.05) is 38.1 Å². The van der Waals surface area contributed by atoms with E-state index in [0.29, 0.717) is 12.8 Å². The minimum Gasteiger partial charge on any atom is -0.383 e. The van der Waals surface area contributed by atoms with E-state index in [2.05, 4.69) is 0 Å². The lowest BCUT2D eigenvalue weighted by Gasteiger charge is -2.39. The van der Waals surface area contributed by atoms with Gasteiger partial charge in [-0.15, -0.1) is 0 Å². The number of carbonyl (C=O) groups is 1. The molecule has 3 aromatic carbocycles. The first-order valence-corrected chi connectivity index (χ1v) is 16.9. The van der Waals surface area contributed by atoms with Crippen LogP contribution in [0.25, 0.3) is 0 Å². The van der Waals surface area contributed by atoms with Gasteiger partial charge >= 0.3 is 0 Å². The second-order valence-corrected chi connectivity index (χ2v) is 14.5. The molecule has 1 heterocycles. The average molecular weight is 614 g/mol. The molecule has 1 aliphatic rings. The topological polar surface area (TPSA) is 104 Å². The zero-order valence-electron chi connectivity index (χ0n) is 24.3. The third-order valence-electron chi connectivity index (χ3n) is 7.55. The maximum atomic E-state index is 13.9. The number of aryl methyl sites for hydroxylation is 2. The van der Waals surface area contributed by atoms with Gasteiger partial charge < -0.3 is 9.64 Å². The maximum absolute atomic E-state index is 13.9. The largest absolute Gasteiger partial charge is 0.383 e. The molecule has 0 spiro atoms. The van der Waals surface area contributed by atoms with Crippen LogP contribution in [0.1, 0.15) is 29.5 Å². The van der Waals surface area contributed by atoms with Gasteiger partial charge in [0.15, 0.2) is 0 Å². The molecule has 0 unspecified atom stereocenters. The fourth-order valence-corrected chi connectivity index (χ4v) is 7.89. The van der Waals surface area contributed by atoms with Crippen LogP contribution in [0.4, 0.5) is 0 Å². The molecule has 0 saturated carbocycles. The van der Waals surface area contributed by atoms with E-state index in [1.165, 1.54) is 23.5 Å². The smallest absolute Gasteiger partial charge is 0.243 e. The molecule has 1 saturated heterocycles. The number of hydrogen-bond acceptors (Lipinski definition) is 6. The summed E-state index contributed by atoms with van der Waals surface area (Å²) in [6, 6.07) is 22.4. The van der Waals surface area contributed by atoms with Gasteiger partial charge in [0.2, 0.25) is 26.0 Å². The molecule has 0 bridgehead atoms. The molecule has 4 rings (SSSR count). The molecule has 0 aromatic heterocycles. The molecule has 0 atom stereocenters. The zero-order valence-corrected chi connectivity index (χ0v) is 26.0. The van der Waals surface area contributed by atoms with Crippen LogP contribution >= 0.6 is 0 Å². The lowest BCUT2D eigenvalue weighted by molar-refractivity contribution is -0.135. The van der Waals surface area contributed by atoms with Crippen LogP contribution in [0.15, 0.2) is 88.7 Å². The highest BCUT2D eigenvalue weighted by Gasteiger charge is 2.35. The van der Waals surface area contributed by atoms with Crippen molar-refractivity contribution < 1.29 is 26.4 Å². The van der Waals surface area contributed by atoms with Gasteiger partial charge in [0.05, 0.1) is 22.9 Å². The predicted octanol–water partition coefficient (Wildman–Crippen LogP) is 3.82. The lowest BCUT2D eigenvalue weighted by atomic mass is 10.0. The number of rotatable bonds is 12. The molecule has 226 valence electrons. The van der Waals surface area contributed by atoms with Crippen molar-refractivity contribution in [3.05, 3.63) is 95.6 Å². The summed E-state index contributed by atoms with van der Waals surface area (Å²) < 4.78 is 61.4. The fourth-order valence-electron chi connectivity index (χ4n) is 5.03. The number of benzene rings is 3. The van der Waals surface area contributed by atoms with Crippen molar-refractivity contribution in [3.8, 4) is 0 Å². The van der Waals surface area contributed by atoms with E-state index < -0.39 is 20.0 Å². The van der Waals surface area contributed by atoms with Gasteiger partial charge in [-0.05, 0) is 56.5 Å². The van der Waals surface area contributed by atoms with Crippen molar-refractivity contribution in [2.75, 3.05) is 39.9 Å². The molecular weight excluding hydrogens is 574 g/mol. The molecule has 9 nitrogen and oxygen atoms in total. The Bertz CT molecular complexity index is 1540. The Morgan fingerprint density at radius 3 is 1.98 bits per heavy atom. The highest BCUT2D eigenvalue weighted by molar-refractivity contribution is 7.89. The average Bonchev–Trinajstić information content (AvgIpc) is 2.99. The molecule has 1 fully saturated rings. The molecular formula is C31H39N3O6S2. The predicted molar refractivity (Wildman–Crippen MR) is 162 cm³/mol. The Morgan fingerprint density at radius 1 is 0.833 bits per heavy atom. The van der Waals surface area contributed by atoms with E-state index in [9.17, 15) is 21.6 Å². The van der Waals surface area contributed by atoms with E-state index in [0.717, 1.165) is 21.0 Å². The van der Waals surface area contributed by atoms with Gasteiger partial charge in [-0.25, -0.2) is 16.8 Å². The third-order valence-corrected chi connectivity index (χ3v) is 11.3. The van der Waals surface area contributed by atoms with Crippen LogP contribution in [0, 0.1) is 13.8 Å². The van der Waals surface area contributed by atoms with Gasteiger partial charge in [-0.3, -0.25) is 4.79 Å². The van der Waals surface area contributed by atoms with Gasteiger partial charge in [-0.2, -0.15) is 8.61 Å². The number of sulfonamides is 2. The highest BCUT2D eigenvalue weighted by atomic mass is 32.2. The van der Waals surface area contributed by atoms with Crippen molar-refractivity contribution >= 4 is 26.0 Å². The number of methoxy groups -OCH3 is 1. The first-order chi connectivity index (χ1) is 20.0. The summed E-state index contributed by atoms with van der Waals surface area (Å²) in [5.41, 5.74) is 2.98. The molecule has 0 N–H and O–H groups in total. The van der Waals surface area contributed by atoms with Gasteiger partial charge in [-0.1, -0.05) is 65.7 Å². The second kappa shape index (κ2) is 13.9. The minimum absolute atomic E-state index is 0.0189. The summed E-state index contributed by atoms with van der Waals surface area (Å²) >= 11 is 0. The fraction of sp³-hybridized carbons (Fsp3) is 0.387. The lowest BCUT2D eigenvalue weighted by Crippen LogP contribution is -2.51. The summed E-state index contributed by atoms with van der Waals surface area (Å²) in [5.74, 6) is -0.342. The third kappa shape index (κ3) is 7.64. The number of ether oxygens (including phenoxy) is 1. The normalized spacial score (nSPS) is 15.1. The summed E-state index contributed by atoms with van der Waals surface area (Å²) in [6.07, 6.45) is 0.873. The Hall–Kier alpha value is -3.09. The Balaban J connectivity index is 1.56. The number of carbonyl (C=O) groups excluding carboxylic acids is 1. The van der Waals surface area contributed by atoms with E-state index in [-0.39, 0.29) is 61.1 Å². The molecule has 3 aromatic rings. The Morgan fingerprint density at radius 2 is 1.40 bits per heavy atom. The quantitative estimate of drug-likeness (QED) is 0.308. The molecule has 42 heavy (non-hydrogen) atoms. The number of amides is 1. The number of hydrogen-bond donors (Lipinski definition) is 0. The van der Waals surface area contributed by atoms with Crippen molar-refractivity contribution in [1.29, 1.82) is 0 Å². The molecule has 1 amide bonds. The molecule has 11 heteroatoms. The molecule has 0 aliphatic carbocycles. The summed E-state index contributed by atoms with van der Waals surface area (Å²) in [5, 5.41) is 0. The van der Waals surface area contributed by atoms with Gasteiger partial charge in [0.1, 0.15) is 0 Å². The van der Waals surface area contributed by atoms with Crippen molar-refractivity contribution in [2.45, 2.75) is 49.1 Å². The number of nitrogens with zero attached hydrogens (tertiary/aromatic N) is 3. The van der Waals surface area contributed by atoms with Crippen LogP contribution in [-0.4, -0.2) is 82.2 Å². The van der Waals surface area contributed by atoms with E-state index >= 15 is 0 Å². The van der Waals surface area contributed by atoms with E-state index in [4.69, 9.17) is 4.74 Å². The van der Waals surface area contributed by atoms with Crippen LogP contribution < -0.4 is 0 Å². The monoisotopic (exact) mass is 613 g/mol. The van der Waals surface area contributed by atoms with Crippen LogP contribution in [0.3, 0.4) is 0 Å². The Kier molecular flexibility index (Phi) is 10.6. The molecule has 1 aliphatic heterocycles. The van der Waals surface area contributed by atoms with Gasteiger partial charge in [0.25, 0.3) is 0 Å². The molecule has 0 radical (unpaired) electrons. The standard InChI is InChI=1S/C31H39N3O6S2/c1-25-9-13-27(14-10-25)23-34(28-17-19-32(20-18-28)41(36,37)30-15-11-26(2)12-16-30)31(35)24-33(21-22-40-3)42(38,39)29-7-5-4-6-8-29/h4-16,28H,17-24H2,1-3H3. The summed E-state index contributed by atoms with van der Waals surface area (Å²) in [7, 11) is -6.13. The first-order valence-electron chi connectivity index (χ1n) is 14.0. The van der Waals surface area contributed by atoms with Crippen molar-refractivity contribution in [1.82, 2.24) is 13.5 Å². The van der Waals surface area contributed by atoms with Crippen LogP contribution in [0.2, 0.25) is 0 Å². The van der Waals surface area contributed by atoms with Crippen molar-refractivity contribution in [3.63, 3.8) is 0 Å². The SMILES string of the molecule is COCCN(CC(=O)N(Cc1ccc(C)cc1)C1CCN(S(=O)(=O)c2ccc(C)cc2)CC1)S(=O)(=O)c1ccccc1. The summed E-state index contributed by atoms with van der Waals surface area (Å²) in [4.78, 5) is 16.0. The highest BCUT2D eigenvalue weighted by Crippen LogP contribution is 2.26. The van der Waals surface area contributed by atoms with Crippen LogP contribution in [0.5, 0.6) is 0 Å².